The lowest BCUT2D eigenvalue weighted by molar-refractivity contribution is 0.292. The van der Waals surface area contributed by atoms with E-state index in [0.29, 0.717) is 23.0 Å². The molecule has 0 saturated carbocycles. The van der Waals surface area contributed by atoms with Gasteiger partial charge in [0.15, 0.2) is 0 Å². The van der Waals surface area contributed by atoms with Crippen LogP contribution in [-0.4, -0.2) is 26.4 Å². The first-order valence-electron chi connectivity index (χ1n) is 5.95. The van der Waals surface area contributed by atoms with Crippen molar-refractivity contribution in [1.29, 1.82) is 0 Å². The van der Waals surface area contributed by atoms with Crippen LogP contribution >= 0.6 is 12.2 Å². The van der Waals surface area contributed by atoms with Gasteiger partial charge in [-0.1, -0.05) is 18.3 Å². The van der Waals surface area contributed by atoms with E-state index in [1.807, 2.05) is 32.2 Å². The zero-order chi connectivity index (χ0) is 13.8. The molecule has 6 heteroatoms. The van der Waals surface area contributed by atoms with E-state index < -0.39 is 0 Å². The number of ether oxygens (including phenoxy) is 1. The Morgan fingerprint density at radius 2 is 2.26 bits per heavy atom. The number of thiocarbonyl (C=S) groups is 1. The normalized spacial score (nSPS) is 10.4. The quantitative estimate of drug-likeness (QED) is 0.836. The maximum Gasteiger partial charge on any atom is 0.222 e. The summed E-state index contributed by atoms with van der Waals surface area (Å²) in [6.07, 6.45) is 2.49. The van der Waals surface area contributed by atoms with Crippen LogP contribution in [0.4, 0.5) is 0 Å². The second-order valence-electron chi connectivity index (χ2n) is 4.17. The summed E-state index contributed by atoms with van der Waals surface area (Å²) in [4.78, 5) is 4.55. The number of aryl methyl sites for hydroxylation is 2. The Bertz CT molecular complexity index is 580. The van der Waals surface area contributed by atoms with Crippen molar-refractivity contribution in [3.63, 3.8) is 0 Å². The summed E-state index contributed by atoms with van der Waals surface area (Å²) < 4.78 is 7.40. The largest absolute Gasteiger partial charge is 0.477 e. The first kappa shape index (κ1) is 13.5. The minimum absolute atomic E-state index is 0.304. The van der Waals surface area contributed by atoms with Gasteiger partial charge in [0, 0.05) is 25.4 Å². The molecule has 0 unspecified atom stereocenters. The Balaban J connectivity index is 2.06. The van der Waals surface area contributed by atoms with Crippen molar-refractivity contribution >= 4 is 17.2 Å². The molecule has 19 heavy (non-hydrogen) atoms. The average Bonchev–Trinajstić information content (AvgIpc) is 2.65. The fourth-order valence-electron chi connectivity index (χ4n) is 1.88. The maximum absolute atomic E-state index is 5.75. The van der Waals surface area contributed by atoms with Crippen molar-refractivity contribution in [3.8, 4) is 5.88 Å². The van der Waals surface area contributed by atoms with E-state index in [0.717, 1.165) is 17.8 Å². The predicted molar refractivity (Wildman–Crippen MR) is 77.3 cm³/mol. The molecule has 0 aliphatic rings. The molecule has 0 atom stereocenters. The maximum atomic E-state index is 5.75. The fourth-order valence-corrected chi connectivity index (χ4v) is 2.12. The molecule has 0 amide bonds. The van der Waals surface area contributed by atoms with Gasteiger partial charge in [-0.25, -0.2) is 4.68 Å². The van der Waals surface area contributed by atoms with Gasteiger partial charge in [0.25, 0.3) is 0 Å². The fraction of sp³-hybridized carbons (Fsp3) is 0.308. The molecule has 0 aromatic carbocycles. The van der Waals surface area contributed by atoms with E-state index in [2.05, 4.69) is 10.1 Å². The molecule has 100 valence electrons. The summed E-state index contributed by atoms with van der Waals surface area (Å²) in [7, 11) is 1.81. The van der Waals surface area contributed by atoms with Crippen LogP contribution in [0.5, 0.6) is 5.88 Å². The highest BCUT2D eigenvalue weighted by Crippen LogP contribution is 2.21. The molecular weight excluding hydrogens is 260 g/mol. The Labute approximate surface area is 117 Å². The van der Waals surface area contributed by atoms with E-state index in [9.17, 15) is 0 Å². The lowest BCUT2D eigenvalue weighted by Gasteiger charge is -2.08. The summed E-state index contributed by atoms with van der Waals surface area (Å²) >= 11 is 5.03. The first-order chi connectivity index (χ1) is 9.09. The SMILES string of the molecule is Cc1nn(C)c(OCCc2ccccn2)c1C(N)=S. The highest BCUT2D eigenvalue weighted by molar-refractivity contribution is 7.80. The van der Waals surface area contributed by atoms with Crippen molar-refractivity contribution < 1.29 is 4.74 Å². The molecule has 0 saturated heterocycles. The van der Waals surface area contributed by atoms with Crippen LogP contribution in [0.15, 0.2) is 24.4 Å². The van der Waals surface area contributed by atoms with Crippen LogP contribution in [-0.2, 0) is 13.5 Å². The lowest BCUT2D eigenvalue weighted by Crippen LogP contribution is -2.14. The summed E-state index contributed by atoms with van der Waals surface area (Å²) in [5, 5.41) is 4.27. The standard InChI is InChI=1S/C13H16N4OS/c1-9-11(12(14)19)13(17(2)16-9)18-8-6-10-5-3-4-7-15-10/h3-5,7H,6,8H2,1-2H3,(H2,14,19). The summed E-state index contributed by atoms with van der Waals surface area (Å²) in [5.41, 5.74) is 8.17. The predicted octanol–water partition coefficient (Wildman–Crippen LogP) is 1.38. The van der Waals surface area contributed by atoms with E-state index in [1.54, 1.807) is 10.9 Å². The Kier molecular flexibility index (Phi) is 4.11. The second-order valence-corrected chi connectivity index (χ2v) is 4.61. The molecule has 0 fully saturated rings. The van der Waals surface area contributed by atoms with Gasteiger partial charge in [0.05, 0.1) is 17.9 Å². The van der Waals surface area contributed by atoms with Gasteiger partial charge in [0.1, 0.15) is 4.99 Å². The molecule has 0 radical (unpaired) electrons. The summed E-state index contributed by atoms with van der Waals surface area (Å²) in [6, 6.07) is 5.81. The van der Waals surface area contributed by atoms with Gasteiger partial charge in [-0.15, -0.1) is 0 Å². The van der Waals surface area contributed by atoms with Gasteiger partial charge >= 0.3 is 0 Å². The molecule has 0 bridgehead atoms. The first-order valence-corrected chi connectivity index (χ1v) is 6.36. The monoisotopic (exact) mass is 276 g/mol. The third-order valence-electron chi connectivity index (χ3n) is 2.74. The molecule has 0 aliphatic carbocycles. The van der Waals surface area contributed by atoms with Crippen LogP contribution in [0, 0.1) is 6.92 Å². The van der Waals surface area contributed by atoms with Crippen molar-refractivity contribution in [2.24, 2.45) is 12.8 Å². The smallest absolute Gasteiger partial charge is 0.222 e. The van der Waals surface area contributed by atoms with E-state index >= 15 is 0 Å². The van der Waals surface area contributed by atoms with Gasteiger partial charge < -0.3 is 10.5 Å². The Morgan fingerprint density at radius 3 is 2.89 bits per heavy atom. The summed E-state index contributed by atoms with van der Waals surface area (Å²) in [6.45, 7) is 2.37. The second kappa shape index (κ2) is 5.79. The van der Waals surface area contributed by atoms with E-state index in [1.165, 1.54) is 0 Å². The van der Waals surface area contributed by atoms with Crippen molar-refractivity contribution in [1.82, 2.24) is 14.8 Å². The van der Waals surface area contributed by atoms with Crippen molar-refractivity contribution in [2.75, 3.05) is 6.61 Å². The minimum Gasteiger partial charge on any atom is -0.477 e. The third-order valence-corrected chi connectivity index (χ3v) is 2.94. The Morgan fingerprint density at radius 1 is 1.47 bits per heavy atom. The highest BCUT2D eigenvalue weighted by atomic mass is 32.1. The number of hydrogen-bond acceptors (Lipinski definition) is 4. The molecule has 5 nitrogen and oxygen atoms in total. The summed E-state index contributed by atoms with van der Waals surface area (Å²) in [5.74, 6) is 0.612. The van der Waals surface area contributed by atoms with Crippen LogP contribution < -0.4 is 10.5 Å². The number of pyridine rings is 1. The number of aromatic nitrogens is 3. The molecule has 2 aromatic heterocycles. The van der Waals surface area contributed by atoms with Gasteiger partial charge in [-0.3, -0.25) is 4.98 Å². The van der Waals surface area contributed by atoms with Gasteiger partial charge in [-0.05, 0) is 19.1 Å². The van der Waals surface area contributed by atoms with Crippen LogP contribution in [0.1, 0.15) is 17.0 Å². The highest BCUT2D eigenvalue weighted by Gasteiger charge is 2.16. The lowest BCUT2D eigenvalue weighted by atomic mass is 10.2. The molecule has 0 aliphatic heterocycles. The molecule has 0 spiro atoms. The molecular formula is C13H16N4OS. The van der Waals surface area contributed by atoms with Gasteiger partial charge in [0.2, 0.25) is 5.88 Å². The third kappa shape index (κ3) is 3.08. The molecule has 2 N–H and O–H groups in total. The Hall–Kier alpha value is -1.95. The minimum atomic E-state index is 0.304. The van der Waals surface area contributed by atoms with E-state index in [-0.39, 0.29) is 0 Å². The van der Waals surface area contributed by atoms with Gasteiger partial charge in [-0.2, -0.15) is 5.10 Å². The van der Waals surface area contributed by atoms with Crippen LogP contribution in [0.2, 0.25) is 0 Å². The van der Waals surface area contributed by atoms with Crippen molar-refractivity contribution in [2.45, 2.75) is 13.3 Å². The average molecular weight is 276 g/mol. The van der Waals surface area contributed by atoms with Crippen LogP contribution in [0.3, 0.4) is 0 Å². The molecule has 2 heterocycles. The number of nitrogens with zero attached hydrogens (tertiary/aromatic N) is 3. The zero-order valence-corrected chi connectivity index (χ0v) is 11.8. The van der Waals surface area contributed by atoms with E-state index in [4.69, 9.17) is 22.7 Å². The van der Waals surface area contributed by atoms with Crippen LogP contribution in [0.25, 0.3) is 0 Å². The molecule has 2 rings (SSSR count). The number of rotatable bonds is 5. The topological polar surface area (TPSA) is 66.0 Å². The number of nitrogens with two attached hydrogens (primary N) is 1. The zero-order valence-electron chi connectivity index (χ0n) is 11.0. The van der Waals surface area contributed by atoms with Crippen molar-refractivity contribution in [3.05, 3.63) is 41.3 Å². The number of hydrogen-bond donors (Lipinski definition) is 1. The molecule has 2 aromatic rings.